The predicted molar refractivity (Wildman–Crippen MR) is 142 cm³/mol. The van der Waals surface area contributed by atoms with Gasteiger partial charge in [0.15, 0.2) is 0 Å². The molecular weight excluding hydrogens is 434 g/mol. The van der Waals surface area contributed by atoms with E-state index >= 15 is 0 Å². The number of hydrogen-bond donors (Lipinski definition) is 2. The Kier molecular flexibility index (Phi) is 5.70. The summed E-state index contributed by atoms with van der Waals surface area (Å²) in [7, 11) is 2.08. The molecule has 0 bridgehead atoms. The van der Waals surface area contributed by atoms with Crippen molar-refractivity contribution < 1.29 is 4.79 Å². The minimum atomic E-state index is -0.483. The molecule has 0 spiro atoms. The molecule has 0 fully saturated rings. The largest absolute Gasteiger partial charge is 0.363 e. The number of nitrogens with zero attached hydrogens (tertiary/aromatic N) is 3. The van der Waals surface area contributed by atoms with Crippen molar-refractivity contribution in [2.45, 2.75) is 64.1 Å². The van der Waals surface area contributed by atoms with Gasteiger partial charge >= 0.3 is 0 Å². The molecule has 2 aromatic carbocycles. The zero-order valence-corrected chi connectivity index (χ0v) is 21.3. The van der Waals surface area contributed by atoms with Gasteiger partial charge < -0.3 is 15.2 Å². The summed E-state index contributed by atoms with van der Waals surface area (Å²) in [5.41, 5.74) is 3.38. The molecule has 35 heavy (non-hydrogen) atoms. The molecule has 4 aromatic rings. The maximum atomic E-state index is 13.9. The summed E-state index contributed by atoms with van der Waals surface area (Å²) >= 11 is 0. The molecule has 0 saturated heterocycles. The normalized spacial score (nSPS) is 17.1. The number of aromatic nitrogens is 3. The number of anilines is 1. The van der Waals surface area contributed by atoms with Gasteiger partial charge in [-0.15, -0.1) is 0 Å². The number of aryl methyl sites for hydroxylation is 1. The Hall–Kier alpha value is -3.54. The number of amides is 1. The average molecular weight is 470 g/mol. The van der Waals surface area contributed by atoms with E-state index in [1.165, 1.54) is 16.5 Å². The number of carbonyl (C=O) groups excluding carboxylic acids is 1. The lowest BCUT2D eigenvalue weighted by atomic mass is 9.87. The highest BCUT2D eigenvalue weighted by molar-refractivity contribution is 5.99. The van der Waals surface area contributed by atoms with Crippen LogP contribution in [-0.2, 0) is 18.1 Å². The highest BCUT2D eigenvalue weighted by Crippen LogP contribution is 2.40. The second-order valence-corrected chi connectivity index (χ2v) is 10.3. The van der Waals surface area contributed by atoms with Crippen molar-refractivity contribution in [3.8, 4) is 0 Å². The average Bonchev–Trinajstić information content (AvgIpc) is 3.45. The van der Waals surface area contributed by atoms with Crippen molar-refractivity contribution >= 4 is 22.6 Å². The summed E-state index contributed by atoms with van der Waals surface area (Å²) in [6.45, 7) is 8.64. The Balaban J connectivity index is 1.51. The van der Waals surface area contributed by atoms with Crippen LogP contribution in [0.2, 0.25) is 0 Å². The van der Waals surface area contributed by atoms with Gasteiger partial charge in [0.25, 0.3) is 5.91 Å². The monoisotopic (exact) mass is 469 g/mol. The minimum absolute atomic E-state index is 0.0998. The number of carbonyl (C=O) groups is 1. The van der Waals surface area contributed by atoms with E-state index in [0.29, 0.717) is 5.56 Å². The van der Waals surface area contributed by atoms with Crippen molar-refractivity contribution in [3.63, 3.8) is 0 Å². The topological polar surface area (TPSA) is 63.9 Å². The van der Waals surface area contributed by atoms with Crippen LogP contribution in [0.5, 0.6) is 0 Å². The van der Waals surface area contributed by atoms with E-state index < -0.39 is 5.54 Å². The lowest BCUT2D eigenvalue weighted by Gasteiger charge is -2.38. The standard InChI is InChI=1S/C29H35N5O/c1-6-29(7-2,25-17-21-15-11-12-16-24(21)33(25)5)32-27(35)22-19-30-34-26(22)31-23(18-28(34,3)4)20-13-9-8-10-14-20/h8-17,19,23,31H,6-7,18H2,1-5H3,(H,32,35). The molecular formula is C29H35N5O. The SMILES string of the molecule is CCC(CC)(NC(=O)c1cnn2c1NC(c1ccccc1)CC2(C)C)c1cc2ccccc2n1C. The first-order valence-corrected chi connectivity index (χ1v) is 12.6. The van der Waals surface area contributed by atoms with E-state index in [0.717, 1.165) is 30.8 Å². The summed E-state index contributed by atoms with van der Waals surface area (Å²) in [4.78, 5) is 13.9. The van der Waals surface area contributed by atoms with Gasteiger partial charge in [-0.3, -0.25) is 4.79 Å². The summed E-state index contributed by atoms with van der Waals surface area (Å²) in [5.74, 6) is 0.683. The van der Waals surface area contributed by atoms with Crippen molar-refractivity contribution in [1.29, 1.82) is 0 Å². The fraction of sp³-hybridized carbons (Fsp3) is 0.379. The van der Waals surface area contributed by atoms with Crippen molar-refractivity contribution in [2.24, 2.45) is 7.05 Å². The Morgan fingerprint density at radius 3 is 2.49 bits per heavy atom. The van der Waals surface area contributed by atoms with E-state index in [1.807, 2.05) is 10.7 Å². The number of fused-ring (bicyclic) bond motifs is 2. The lowest BCUT2D eigenvalue weighted by Crippen LogP contribution is -2.46. The van der Waals surface area contributed by atoms with Crippen LogP contribution in [0.1, 0.15) is 74.6 Å². The fourth-order valence-electron chi connectivity index (χ4n) is 5.69. The highest BCUT2D eigenvalue weighted by Gasteiger charge is 2.39. The molecule has 1 aliphatic rings. The molecule has 1 unspecified atom stereocenters. The van der Waals surface area contributed by atoms with Crippen LogP contribution in [0.3, 0.4) is 0 Å². The maximum Gasteiger partial charge on any atom is 0.257 e. The van der Waals surface area contributed by atoms with Crippen LogP contribution in [-0.4, -0.2) is 20.3 Å². The second-order valence-electron chi connectivity index (χ2n) is 10.3. The summed E-state index contributed by atoms with van der Waals surface area (Å²) in [6, 6.07) is 21.1. The first-order valence-electron chi connectivity index (χ1n) is 12.6. The molecule has 1 atom stereocenters. The van der Waals surface area contributed by atoms with Crippen LogP contribution in [0.4, 0.5) is 5.82 Å². The van der Waals surface area contributed by atoms with Gasteiger partial charge in [-0.25, -0.2) is 4.68 Å². The van der Waals surface area contributed by atoms with Gasteiger partial charge in [0, 0.05) is 18.3 Å². The predicted octanol–water partition coefficient (Wildman–Crippen LogP) is 6.11. The zero-order valence-electron chi connectivity index (χ0n) is 21.3. The van der Waals surface area contributed by atoms with Crippen LogP contribution < -0.4 is 10.6 Å². The molecule has 6 nitrogen and oxygen atoms in total. The maximum absolute atomic E-state index is 13.9. The number of hydrogen-bond acceptors (Lipinski definition) is 3. The highest BCUT2D eigenvalue weighted by atomic mass is 16.2. The Morgan fingerprint density at radius 2 is 1.80 bits per heavy atom. The third-order valence-corrected chi connectivity index (χ3v) is 7.81. The number of nitrogens with one attached hydrogen (secondary N) is 2. The molecule has 0 aliphatic carbocycles. The van der Waals surface area contributed by atoms with Crippen molar-refractivity contribution in [3.05, 3.63) is 83.7 Å². The molecule has 182 valence electrons. The van der Waals surface area contributed by atoms with E-state index in [1.54, 1.807) is 6.20 Å². The van der Waals surface area contributed by atoms with Crippen LogP contribution in [0, 0.1) is 0 Å². The first kappa shape index (κ1) is 23.2. The quantitative estimate of drug-likeness (QED) is 0.358. The minimum Gasteiger partial charge on any atom is -0.363 e. The molecule has 6 heteroatoms. The summed E-state index contributed by atoms with van der Waals surface area (Å²) in [6.07, 6.45) is 4.17. The molecule has 2 aromatic heterocycles. The van der Waals surface area contributed by atoms with Gasteiger partial charge in [0.05, 0.1) is 23.3 Å². The summed E-state index contributed by atoms with van der Waals surface area (Å²) in [5, 5.41) is 12.9. The van der Waals surface area contributed by atoms with Gasteiger partial charge in [-0.1, -0.05) is 62.4 Å². The van der Waals surface area contributed by atoms with Gasteiger partial charge in [-0.05, 0) is 56.2 Å². The molecule has 0 saturated carbocycles. The van der Waals surface area contributed by atoms with Crippen LogP contribution in [0.25, 0.3) is 10.9 Å². The Labute approximate surface area is 207 Å². The number of benzene rings is 2. The zero-order chi connectivity index (χ0) is 24.8. The van der Waals surface area contributed by atoms with Gasteiger partial charge in [-0.2, -0.15) is 5.10 Å². The van der Waals surface area contributed by atoms with Crippen LogP contribution in [0.15, 0.2) is 66.9 Å². The molecule has 1 amide bonds. The van der Waals surface area contributed by atoms with Crippen molar-refractivity contribution in [1.82, 2.24) is 19.7 Å². The smallest absolute Gasteiger partial charge is 0.257 e. The van der Waals surface area contributed by atoms with Gasteiger partial charge in [0.1, 0.15) is 11.4 Å². The lowest BCUT2D eigenvalue weighted by molar-refractivity contribution is 0.0885. The van der Waals surface area contributed by atoms with Gasteiger partial charge in [0.2, 0.25) is 0 Å². The molecule has 1 aliphatic heterocycles. The van der Waals surface area contributed by atoms with Crippen molar-refractivity contribution in [2.75, 3.05) is 5.32 Å². The second kappa shape index (κ2) is 8.59. The molecule has 3 heterocycles. The van der Waals surface area contributed by atoms with E-state index in [2.05, 4.69) is 110 Å². The van der Waals surface area contributed by atoms with Crippen LogP contribution >= 0.6 is 0 Å². The molecule has 0 radical (unpaired) electrons. The Bertz CT molecular complexity index is 1360. The summed E-state index contributed by atoms with van der Waals surface area (Å²) < 4.78 is 4.18. The number of para-hydroxylation sites is 1. The molecule has 2 N–H and O–H groups in total. The number of rotatable bonds is 6. The van der Waals surface area contributed by atoms with E-state index in [9.17, 15) is 4.79 Å². The fourth-order valence-corrected chi connectivity index (χ4v) is 5.69. The Morgan fingerprint density at radius 1 is 1.11 bits per heavy atom. The first-order chi connectivity index (χ1) is 16.8. The third-order valence-electron chi connectivity index (χ3n) is 7.81. The molecule has 5 rings (SSSR count). The van der Waals surface area contributed by atoms with E-state index in [4.69, 9.17) is 0 Å². The third kappa shape index (κ3) is 3.81. The van der Waals surface area contributed by atoms with E-state index in [-0.39, 0.29) is 17.5 Å².